The number of rotatable bonds is 8. The largest absolute Gasteiger partial charge is 0.493 e. The second-order valence-electron chi connectivity index (χ2n) is 7.43. The van der Waals surface area contributed by atoms with E-state index in [9.17, 15) is 4.79 Å². The topological polar surface area (TPSA) is 104 Å². The van der Waals surface area contributed by atoms with Crippen LogP contribution in [0.15, 0.2) is 52.8 Å². The number of carbonyl (C=O) groups excluding carboxylic acids is 1. The molecular weight excluding hydrogens is 497 g/mol. The summed E-state index contributed by atoms with van der Waals surface area (Å²) in [4.78, 5) is 16.9. The number of halogens is 2. The first-order chi connectivity index (χ1) is 16.3. The lowest BCUT2D eigenvalue weighted by molar-refractivity contribution is -0.115. The van der Waals surface area contributed by atoms with Gasteiger partial charge < -0.3 is 20.5 Å². The molecule has 0 aliphatic carbocycles. The number of primary amides is 1. The van der Waals surface area contributed by atoms with Crippen LogP contribution in [0.2, 0.25) is 10.0 Å². The first kappa shape index (κ1) is 24.3. The SMILES string of the molecule is CCSc1nc2n(n1)C(c1ccc(OCc3c(Cl)cccc3Cl)c(OC)c1)C(C(N)=O)=C(C)N2. The second kappa shape index (κ2) is 10.2. The van der Waals surface area contributed by atoms with Crippen LogP contribution in [0, 0.1) is 0 Å². The van der Waals surface area contributed by atoms with Crippen LogP contribution in [0.3, 0.4) is 0 Å². The van der Waals surface area contributed by atoms with Gasteiger partial charge in [-0.25, -0.2) is 4.68 Å². The Morgan fingerprint density at radius 3 is 2.62 bits per heavy atom. The van der Waals surface area contributed by atoms with Crippen LogP contribution in [-0.4, -0.2) is 33.5 Å². The number of ether oxygens (including phenoxy) is 2. The summed E-state index contributed by atoms with van der Waals surface area (Å²) < 4.78 is 13.2. The third kappa shape index (κ3) is 4.68. The summed E-state index contributed by atoms with van der Waals surface area (Å²) >= 11 is 14.0. The van der Waals surface area contributed by atoms with Gasteiger partial charge in [0.15, 0.2) is 11.5 Å². The van der Waals surface area contributed by atoms with E-state index in [1.165, 1.54) is 11.8 Å². The van der Waals surface area contributed by atoms with Gasteiger partial charge >= 0.3 is 0 Å². The fourth-order valence-corrected chi connectivity index (χ4v) is 4.80. The van der Waals surface area contributed by atoms with Gasteiger partial charge in [0.2, 0.25) is 17.0 Å². The Hall–Kier alpha value is -2.88. The van der Waals surface area contributed by atoms with Gasteiger partial charge in [0.25, 0.3) is 0 Å². The number of benzene rings is 2. The van der Waals surface area contributed by atoms with E-state index < -0.39 is 11.9 Å². The number of hydrogen-bond donors (Lipinski definition) is 2. The molecule has 0 saturated heterocycles. The summed E-state index contributed by atoms with van der Waals surface area (Å²) in [5.74, 6) is 1.78. The molecule has 2 heterocycles. The molecule has 4 rings (SSSR count). The monoisotopic (exact) mass is 519 g/mol. The summed E-state index contributed by atoms with van der Waals surface area (Å²) in [6.45, 7) is 3.98. The van der Waals surface area contributed by atoms with Crippen LogP contribution in [0.5, 0.6) is 11.5 Å². The number of nitrogens with one attached hydrogen (secondary N) is 1. The number of hydrogen-bond acceptors (Lipinski definition) is 7. The second-order valence-corrected chi connectivity index (χ2v) is 9.47. The molecule has 2 aromatic carbocycles. The number of anilines is 1. The van der Waals surface area contributed by atoms with Gasteiger partial charge in [0.05, 0.1) is 12.7 Å². The highest BCUT2D eigenvalue weighted by atomic mass is 35.5. The predicted molar refractivity (Wildman–Crippen MR) is 134 cm³/mol. The lowest BCUT2D eigenvalue weighted by Gasteiger charge is -2.28. The smallest absolute Gasteiger partial charge is 0.248 e. The third-order valence-electron chi connectivity index (χ3n) is 5.31. The van der Waals surface area contributed by atoms with Crippen molar-refractivity contribution < 1.29 is 14.3 Å². The van der Waals surface area contributed by atoms with Crippen LogP contribution >= 0.6 is 35.0 Å². The molecule has 0 fully saturated rings. The first-order valence-corrected chi connectivity index (χ1v) is 12.2. The summed E-state index contributed by atoms with van der Waals surface area (Å²) in [5, 5.41) is 9.38. The molecule has 3 N–H and O–H groups in total. The number of methoxy groups -OCH3 is 1. The van der Waals surface area contributed by atoms with Gasteiger partial charge in [-0.15, -0.1) is 5.10 Å². The zero-order valence-electron chi connectivity index (χ0n) is 18.8. The maximum Gasteiger partial charge on any atom is 0.248 e. The molecule has 0 bridgehead atoms. The van der Waals surface area contributed by atoms with Gasteiger partial charge in [0, 0.05) is 21.3 Å². The van der Waals surface area contributed by atoms with Crippen molar-refractivity contribution >= 4 is 46.8 Å². The molecule has 1 aliphatic rings. The lowest BCUT2D eigenvalue weighted by Crippen LogP contribution is -2.31. The fraction of sp³-hybridized carbons (Fsp3) is 0.261. The van der Waals surface area contributed by atoms with E-state index in [2.05, 4.69) is 15.4 Å². The minimum Gasteiger partial charge on any atom is -0.493 e. The van der Waals surface area contributed by atoms with E-state index in [1.54, 1.807) is 49.0 Å². The van der Waals surface area contributed by atoms with Gasteiger partial charge in [-0.1, -0.05) is 54.0 Å². The van der Waals surface area contributed by atoms with E-state index in [0.717, 1.165) is 11.3 Å². The van der Waals surface area contributed by atoms with Crippen molar-refractivity contribution in [3.8, 4) is 11.5 Å². The molecule has 178 valence electrons. The standard InChI is InChI=1S/C23H23Cl2N5O3S/c1-4-34-23-28-22-27-12(2)19(21(26)31)20(30(22)29-23)13-8-9-17(18(10-13)32-3)33-11-14-15(24)6-5-7-16(14)25/h5-10,20H,4,11H2,1-3H3,(H2,26,31)(H,27,28,29). The Morgan fingerprint density at radius 2 is 1.97 bits per heavy atom. The van der Waals surface area contributed by atoms with Crippen LogP contribution in [-0.2, 0) is 11.4 Å². The van der Waals surface area contributed by atoms with E-state index in [1.807, 2.05) is 13.0 Å². The molecule has 1 atom stereocenters. The molecule has 1 aromatic heterocycles. The Kier molecular flexibility index (Phi) is 7.25. The molecule has 3 aromatic rings. The summed E-state index contributed by atoms with van der Waals surface area (Å²) in [7, 11) is 1.55. The number of nitrogens with two attached hydrogens (primary N) is 1. The summed E-state index contributed by atoms with van der Waals surface area (Å²) in [6.07, 6.45) is 0. The minimum absolute atomic E-state index is 0.165. The molecule has 34 heavy (non-hydrogen) atoms. The number of carbonyl (C=O) groups is 1. The zero-order chi connectivity index (χ0) is 24.4. The predicted octanol–water partition coefficient (Wildman–Crippen LogP) is 5.06. The van der Waals surface area contributed by atoms with Crippen molar-refractivity contribution in [3.63, 3.8) is 0 Å². The molecule has 0 spiro atoms. The van der Waals surface area contributed by atoms with Gasteiger partial charge in [0.1, 0.15) is 12.6 Å². The number of amides is 1. The van der Waals surface area contributed by atoms with Crippen molar-refractivity contribution in [2.24, 2.45) is 5.73 Å². The van der Waals surface area contributed by atoms with Crippen molar-refractivity contribution in [1.82, 2.24) is 14.8 Å². The lowest BCUT2D eigenvalue weighted by atomic mass is 9.95. The third-order valence-corrected chi connectivity index (χ3v) is 6.74. The van der Waals surface area contributed by atoms with E-state index in [4.69, 9.17) is 38.4 Å². The zero-order valence-corrected chi connectivity index (χ0v) is 21.1. The molecule has 8 nitrogen and oxygen atoms in total. The molecular formula is C23H23Cl2N5O3S. The van der Waals surface area contributed by atoms with E-state index >= 15 is 0 Å². The fourth-order valence-electron chi connectivity index (χ4n) is 3.74. The Labute approximate surface area is 211 Å². The molecule has 11 heteroatoms. The van der Waals surface area contributed by atoms with Crippen molar-refractivity contribution in [1.29, 1.82) is 0 Å². The van der Waals surface area contributed by atoms with Crippen molar-refractivity contribution in [2.75, 3.05) is 18.2 Å². The Bertz CT molecular complexity index is 1260. The highest BCUT2D eigenvalue weighted by Crippen LogP contribution is 2.39. The number of allylic oxidation sites excluding steroid dienone is 1. The average molecular weight is 520 g/mol. The summed E-state index contributed by atoms with van der Waals surface area (Å²) in [5.41, 5.74) is 8.20. The van der Waals surface area contributed by atoms with Crippen LogP contribution in [0.1, 0.15) is 31.0 Å². The molecule has 1 amide bonds. The van der Waals surface area contributed by atoms with Crippen molar-refractivity contribution in [3.05, 3.63) is 68.8 Å². The number of fused-ring (bicyclic) bond motifs is 1. The highest BCUT2D eigenvalue weighted by Gasteiger charge is 2.33. The first-order valence-electron chi connectivity index (χ1n) is 10.4. The Morgan fingerprint density at radius 1 is 1.24 bits per heavy atom. The molecule has 1 unspecified atom stereocenters. The van der Waals surface area contributed by atoms with Crippen LogP contribution in [0.4, 0.5) is 5.95 Å². The quantitative estimate of drug-likeness (QED) is 0.400. The van der Waals surface area contributed by atoms with E-state index in [-0.39, 0.29) is 6.61 Å². The number of thioether (sulfide) groups is 1. The molecule has 0 radical (unpaired) electrons. The molecule has 0 saturated carbocycles. The Balaban J connectivity index is 1.71. The van der Waals surface area contributed by atoms with Crippen molar-refractivity contribution in [2.45, 2.75) is 31.7 Å². The van der Waals surface area contributed by atoms with Gasteiger partial charge in [-0.05, 0) is 42.5 Å². The summed E-state index contributed by atoms with van der Waals surface area (Å²) in [6, 6.07) is 10.1. The van der Waals surface area contributed by atoms with Crippen LogP contribution < -0.4 is 20.5 Å². The number of aromatic nitrogens is 3. The highest BCUT2D eigenvalue weighted by molar-refractivity contribution is 7.99. The maximum absolute atomic E-state index is 12.4. The molecule has 1 aliphatic heterocycles. The van der Waals surface area contributed by atoms with Gasteiger partial charge in [-0.3, -0.25) is 4.79 Å². The van der Waals surface area contributed by atoms with E-state index in [0.29, 0.717) is 49.5 Å². The number of nitrogens with zero attached hydrogens (tertiary/aromatic N) is 3. The van der Waals surface area contributed by atoms with Gasteiger partial charge in [-0.2, -0.15) is 4.98 Å². The average Bonchev–Trinajstić information content (AvgIpc) is 3.19. The minimum atomic E-state index is -0.576. The maximum atomic E-state index is 12.4. The normalized spacial score (nSPS) is 15.0. The van der Waals surface area contributed by atoms with Crippen LogP contribution in [0.25, 0.3) is 0 Å².